The lowest BCUT2D eigenvalue weighted by Gasteiger charge is -2.19. The number of alkyl halides is 5. The zero-order valence-electron chi connectivity index (χ0n) is 9.19. The van der Waals surface area contributed by atoms with E-state index in [1.165, 1.54) is 0 Å². The molecule has 1 unspecified atom stereocenters. The lowest BCUT2D eigenvalue weighted by molar-refractivity contribution is -0.226. The second-order valence-corrected chi connectivity index (χ2v) is 5.70. The van der Waals surface area contributed by atoms with Gasteiger partial charge in [-0.1, -0.05) is 42.4 Å². The molecule has 0 radical (unpaired) electrons. The Hall–Kier alpha value is -0.0800. The molecule has 0 aromatic carbocycles. The summed E-state index contributed by atoms with van der Waals surface area (Å²) >= 11 is 1.91. The number of cyclic esters (lactones) is 1. The van der Waals surface area contributed by atoms with E-state index in [0.29, 0.717) is 6.42 Å². The molecule has 1 saturated heterocycles. The smallest absolute Gasteiger partial charge is 0.433 e. The van der Waals surface area contributed by atoms with E-state index in [9.17, 15) is 22.4 Å². The quantitative estimate of drug-likeness (QED) is 0.328. The van der Waals surface area contributed by atoms with Gasteiger partial charge in [0.2, 0.25) is 0 Å². The highest BCUT2D eigenvalue weighted by Crippen LogP contribution is 2.45. The monoisotopic (exact) mass is 368 g/mol. The van der Waals surface area contributed by atoms with Gasteiger partial charge in [-0.05, 0) is 6.42 Å². The maximum Gasteiger partial charge on any atom is 0.433 e. The molecule has 2 nitrogen and oxygen atoms in total. The molecular formula is C10H13F4IO2. The first-order chi connectivity index (χ1) is 7.72. The van der Waals surface area contributed by atoms with Crippen LogP contribution in [0.1, 0.15) is 32.6 Å². The molecule has 1 fully saturated rings. The Morgan fingerprint density at radius 2 is 2.18 bits per heavy atom. The van der Waals surface area contributed by atoms with Crippen LogP contribution in [-0.4, -0.2) is 27.8 Å². The van der Waals surface area contributed by atoms with Crippen LogP contribution in [0.5, 0.6) is 0 Å². The summed E-state index contributed by atoms with van der Waals surface area (Å²) in [6.45, 7) is 1.94. The van der Waals surface area contributed by atoms with Gasteiger partial charge < -0.3 is 4.74 Å². The number of esters is 1. The predicted octanol–water partition coefficient (Wildman–Crippen LogP) is 3.57. The summed E-state index contributed by atoms with van der Waals surface area (Å²) in [5.41, 5.74) is -3.83. The van der Waals surface area contributed by atoms with Crippen molar-refractivity contribution in [1.82, 2.24) is 0 Å². The van der Waals surface area contributed by atoms with Gasteiger partial charge in [0.15, 0.2) is 0 Å². The van der Waals surface area contributed by atoms with Crippen LogP contribution >= 0.6 is 22.6 Å². The highest BCUT2D eigenvalue weighted by molar-refractivity contribution is 14.1. The number of hydrogen-bond donors (Lipinski definition) is 0. The van der Waals surface area contributed by atoms with Crippen molar-refractivity contribution in [1.29, 1.82) is 0 Å². The number of unbranched alkanes of at least 4 members (excludes halogenated alkanes) is 1. The first-order valence-electron chi connectivity index (χ1n) is 5.33. The maximum atomic E-state index is 13.5. The van der Waals surface area contributed by atoms with E-state index in [0.717, 1.165) is 12.8 Å². The van der Waals surface area contributed by atoms with Crippen LogP contribution in [-0.2, 0) is 9.53 Å². The molecule has 1 aliphatic rings. The molecule has 100 valence electrons. The molecule has 0 aliphatic carbocycles. The summed E-state index contributed by atoms with van der Waals surface area (Å²) in [5.74, 6) is -1.80. The highest BCUT2D eigenvalue weighted by atomic mass is 127. The molecule has 0 aromatic rings. The van der Waals surface area contributed by atoms with Gasteiger partial charge in [-0.15, -0.1) is 0 Å². The zero-order valence-corrected chi connectivity index (χ0v) is 11.3. The summed E-state index contributed by atoms with van der Waals surface area (Å²) in [6, 6.07) is 0. The first-order valence-corrected chi connectivity index (χ1v) is 6.57. The lowest BCUT2D eigenvalue weighted by atomic mass is 9.98. The van der Waals surface area contributed by atoms with Crippen molar-refractivity contribution >= 4 is 28.6 Å². The average molecular weight is 368 g/mol. The first kappa shape index (κ1) is 15.0. The molecule has 0 spiro atoms. The molecule has 0 N–H and O–H groups in total. The van der Waals surface area contributed by atoms with Crippen LogP contribution in [0.3, 0.4) is 0 Å². The highest BCUT2D eigenvalue weighted by Gasteiger charge is 2.68. The van der Waals surface area contributed by atoms with Gasteiger partial charge in [0.05, 0.1) is 0 Å². The molecule has 1 heterocycles. The molecule has 0 amide bonds. The van der Waals surface area contributed by atoms with Crippen LogP contribution < -0.4 is 0 Å². The van der Waals surface area contributed by atoms with Crippen LogP contribution in [0.4, 0.5) is 17.6 Å². The minimum atomic E-state index is -5.19. The molecule has 1 aliphatic heterocycles. The SMILES string of the molecule is CCCCC(I)[C@@H]1C[C@@](F)(C(F)(F)F)C(=O)O1. The van der Waals surface area contributed by atoms with E-state index in [2.05, 4.69) is 4.74 Å². The van der Waals surface area contributed by atoms with Gasteiger partial charge in [-0.25, -0.2) is 9.18 Å². The van der Waals surface area contributed by atoms with Crippen molar-refractivity contribution in [3.63, 3.8) is 0 Å². The summed E-state index contributed by atoms with van der Waals surface area (Å²) in [7, 11) is 0. The van der Waals surface area contributed by atoms with Gasteiger partial charge in [-0.3, -0.25) is 0 Å². The van der Waals surface area contributed by atoms with Crippen LogP contribution in [0.15, 0.2) is 0 Å². The minimum Gasteiger partial charge on any atom is -0.458 e. The Balaban J connectivity index is 2.70. The number of ether oxygens (including phenoxy) is 1. The van der Waals surface area contributed by atoms with Crippen LogP contribution in [0, 0.1) is 0 Å². The normalized spacial score (nSPS) is 31.4. The van der Waals surface area contributed by atoms with Crippen molar-refractivity contribution in [3.05, 3.63) is 0 Å². The Morgan fingerprint density at radius 1 is 1.59 bits per heavy atom. The summed E-state index contributed by atoms with van der Waals surface area (Å²) in [6.07, 6.45) is -4.79. The summed E-state index contributed by atoms with van der Waals surface area (Å²) < 4.78 is 55.0. The van der Waals surface area contributed by atoms with Crippen molar-refractivity contribution in [2.75, 3.05) is 0 Å². The third-order valence-electron chi connectivity index (χ3n) is 2.75. The van der Waals surface area contributed by atoms with Crippen LogP contribution in [0.25, 0.3) is 0 Å². The van der Waals surface area contributed by atoms with Gasteiger partial charge in [-0.2, -0.15) is 13.2 Å². The second-order valence-electron chi connectivity index (χ2n) is 4.11. The van der Waals surface area contributed by atoms with E-state index in [1.54, 1.807) is 0 Å². The largest absolute Gasteiger partial charge is 0.458 e. The Morgan fingerprint density at radius 3 is 2.59 bits per heavy atom. The number of halogens is 5. The van der Waals surface area contributed by atoms with Crippen molar-refractivity contribution in [2.24, 2.45) is 0 Å². The molecule has 0 bridgehead atoms. The summed E-state index contributed by atoms with van der Waals surface area (Å²) in [4.78, 5) is 11.0. The van der Waals surface area contributed by atoms with E-state index < -0.39 is 30.3 Å². The van der Waals surface area contributed by atoms with Gasteiger partial charge in [0.25, 0.3) is 0 Å². The van der Waals surface area contributed by atoms with E-state index in [4.69, 9.17) is 0 Å². The van der Waals surface area contributed by atoms with E-state index in [1.807, 2.05) is 29.5 Å². The van der Waals surface area contributed by atoms with Gasteiger partial charge >= 0.3 is 17.8 Å². The van der Waals surface area contributed by atoms with E-state index in [-0.39, 0.29) is 3.92 Å². The molecule has 3 atom stereocenters. The van der Waals surface area contributed by atoms with Crippen molar-refractivity contribution < 1.29 is 27.1 Å². The Kier molecular flexibility index (Phi) is 4.65. The topological polar surface area (TPSA) is 26.3 Å². The maximum absolute atomic E-state index is 13.5. The van der Waals surface area contributed by atoms with Gasteiger partial charge in [0.1, 0.15) is 6.10 Å². The van der Waals surface area contributed by atoms with E-state index >= 15 is 0 Å². The third kappa shape index (κ3) is 3.03. The molecule has 0 aromatic heterocycles. The lowest BCUT2D eigenvalue weighted by Crippen LogP contribution is -2.45. The number of carbonyl (C=O) groups is 1. The van der Waals surface area contributed by atoms with Gasteiger partial charge in [0, 0.05) is 10.3 Å². The molecule has 7 heteroatoms. The minimum absolute atomic E-state index is 0.281. The molecule has 1 rings (SSSR count). The molecular weight excluding hydrogens is 355 g/mol. The average Bonchev–Trinajstić information content (AvgIpc) is 2.52. The fourth-order valence-electron chi connectivity index (χ4n) is 1.65. The third-order valence-corrected chi connectivity index (χ3v) is 4.18. The fraction of sp³-hybridized carbons (Fsp3) is 0.900. The Labute approximate surface area is 110 Å². The number of rotatable bonds is 4. The van der Waals surface area contributed by atoms with Crippen molar-refractivity contribution in [2.45, 2.75) is 54.5 Å². The zero-order chi connectivity index (χ0) is 13.3. The number of hydrogen-bond acceptors (Lipinski definition) is 2. The van der Waals surface area contributed by atoms with Crippen LogP contribution in [0.2, 0.25) is 0 Å². The predicted molar refractivity (Wildman–Crippen MR) is 61.7 cm³/mol. The fourth-order valence-corrected chi connectivity index (χ4v) is 2.49. The summed E-state index contributed by atoms with van der Waals surface area (Å²) in [5, 5.41) is 0. The standard InChI is InChI=1S/C10H13F4IO2/c1-2-3-4-6(15)7-5-9(11,8(16)17-7)10(12,13)14/h6-7H,2-5H2,1H3/t6?,7-,9-/m0/s1. The van der Waals surface area contributed by atoms with Crippen molar-refractivity contribution in [3.8, 4) is 0 Å². The molecule has 0 saturated carbocycles. The Bertz CT molecular complexity index is 295. The second kappa shape index (κ2) is 5.27. The number of carbonyl (C=O) groups excluding carboxylic acids is 1. The molecule has 17 heavy (non-hydrogen) atoms.